The molecule has 112 valence electrons. The molecule has 3 unspecified atom stereocenters. The van der Waals surface area contributed by atoms with E-state index < -0.39 is 12.1 Å². The zero-order valence-corrected chi connectivity index (χ0v) is 12.6. The van der Waals surface area contributed by atoms with Crippen molar-refractivity contribution in [1.29, 1.82) is 0 Å². The number of carbonyl (C=O) groups excluding carboxylic acids is 2. The van der Waals surface area contributed by atoms with E-state index in [2.05, 4.69) is 16.0 Å². The Labute approximate surface area is 115 Å². The van der Waals surface area contributed by atoms with E-state index in [9.17, 15) is 9.59 Å². The fraction of sp³-hybridized carbons (Fsp3) is 0.846. The van der Waals surface area contributed by atoms with Gasteiger partial charge in [0, 0.05) is 19.7 Å². The third-order valence-electron chi connectivity index (χ3n) is 2.89. The third kappa shape index (κ3) is 7.79. The standard InChI is InChI=1S/C13H27N3O3/c1-6-9(2)15-13(18)11(4)16-10(3)12(17)14-7-8-19-5/h9-11,16H,6-8H2,1-5H3,(H,14,17)(H,15,18). The SMILES string of the molecule is CCC(C)NC(=O)C(C)NC(C)C(=O)NCCOC. The molecule has 0 aliphatic heterocycles. The molecule has 0 fully saturated rings. The van der Waals surface area contributed by atoms with Gasteiger partial charge in [0.2, 0.25) is 11.8 Å². The average Bonchev–Trinajstić information content (AvgIpc) is 2.38. The van der Waals surface area contributed by atoms with Crippen LogP contribution in [0.3, 0.4) is 0 Å². The normalized spacial score (nSPS) is 15.4. The predicted molar refractivity (Wildman–Crippen MR) is 74.8 cm³/mol. The fourth-order valence-electron chi connectivity index (χ4n) is 1.43. The van der Waals surface area contributed by atoms with Crippen molar-refractivity contribution in [2.45, 2.75) is 52.2 Å². The van der Waals surface area contributed by atoms with Crippen molar-refractivity contribution in [2.75, 3.05) is 20.3 Å². The highest BCUT2D eigenvalue weighted by Crippen LogP contribution is 1.93. The Bertz CT molecular complexity index is 284. The van der Waals surface area contributed by atoms with E-state index in [4.69, 9.17) is 4.74 Å². The van der Waals surface area contributed by atoms with Crippen molar-refractivity contribution >= 4 is 11.8 Å². The van der Waals surface area contributed by atoms with Crippen LogP contribution in [-0.4, -0.2) is 50.2 Å². The molecule has 0 saturated heterocycles. The zero-order valence-electron chi connectivity index (χ0n) is 12.6. The molecule has 0 saturated carbocycles. The van der Waals surface area contributed by atoms with Gasteiger partial charge in [-0.3, -0.25) is 14.9 Å². The second-order valence-corrected chi connectivity index (χ2v) is 4.71. The van der Waals surface area contributed by atoms with Crippen LogP contribution in [0.5, 0.6) is 0 Å². The summed E-state index contributed by atoms with van der Waals surface area (Å²) in [7, 11) is 1.58. The van der Waals surface area contributed by atoms with Gasteiger partial charge < -0.3 is 15.4 Å². The minimum Gasteiger partial charge on any atom is -0.383 e. The zero-order chi connectivity index (χ0) is 14.8. The molecule has 2 amide bonds. The molecule has 0 radical (unpaired) electrons. The van der Waals surface area contributed by atoms with Crippen molar-refractivity contribution < 1.29 is 14.3 Å². The van der Waals surface area contributed by atoms with E-state index >= 15 is 0 Å². The van der Waals surface area contributed by atoms with E-state index in [1.807, 2.05) is 13.8 Å². The van der Waals surface area contributed by atoms with Crippen LogP contribution in [0.1, 0.15) is 34.1 Å². The molecule has 6 nitrogen and oxygen atoms in total. The highest BCUT2D eigenvalue weighted by atomic mass is 16.5. The van der Waals surface area contributed by atoms with E-state index in [0.29, 0.717) is 13.2 Å². The smallest absolute Gasteiger partial charge is 0.237 e. The molecule has 3 atom stereocenters. The second-order valence-electron chi connectivity index (χ2n) is 4.71. The summed E-state index contributed by atoms with van der Waals surface area (Å²) in [5.74, 6) is -0.230. The molecule has 0 aromatic rings. The maximum Gasteiger partial charge on any atom is 0.237 e. The van der Waals surface area contributed by atoms with Crippen LogP contribution >= 0.6 is 0 Å². The summed E-state index contributed by atoms with van der Waals surface area (Å²) in [4.78, 5) is 23.5. The Morgan fingerprint density at radius 3 is 2.21 bits per heavy atom. The number of ether oxygens (including phenoxy) is 1. The highest BCUT2D eigenvalue weighted by Gasteiger charge is 2.20. The van der Waals surface area contributed by atoms with Gasteiger partial charge in [-0.15, -0.1) is 0 Å². The molecule has 0 aliphatic carbocycles. The Balaban J connectivity index is 4.05. The molecular formula is C13H27N3O3. The molecular weight excluding hydrogens is 246 g/mol. The Morgan fingerprint density at radius 1 is 1.11 bits per heavy atom. The van der Waals surface area contributed by atoms with Gasteiger partial charge in [-0.05, 0) is 27.2 Å². The Morgan fingerprint density at radius 2 is 1.68 bits per heavy atom. The van der Waals surface area contributed by atoms with Crippen LogP contribution in [0.4, 0.5) is 0 Å². The number of methoxy groups -OCH3 is 1. The van der Waals surface area contributed by atoms with E-state index in [1.165, 1.54) is 0 Å². The average molecular weight is 273 g/mol. The lowest BCUT2D eigenvalue weighted by Gasteiger charge is -2.21. The van der Waals surface area contributed by atoms with Crippen molar-refractivity contribution in [2.24, 2.45) is 0 Å². The van der Waals surface area contributed by atoms with E-state index in [1.54, 1.807) is 21.0 Å². The number of hydrogen-bond acceptors (Lipinski definition) is 4. The van der Waals surface area contributed by atoms with Crippen molar-refractivity contribution in [3.05, 3.63) is 0 Å². The maximum atomic E-state index is 11.8. The van der Waals surface area contributed by atoms with Gasteiger partial charge in [-0.2, -0.15) is 0 Å². The minimum absolute atomic E-state index is 0.0918. The van der Waals surface area contributed by atoms with E-state index in [-0.39, 0.29) is 17.9 Å². The minimum atomic E-state index is -0.422. The number of nitrogens with one attached hydrogen (secondary N) is 3. The van der Waals surface area contributed by atoms with Gasteiger partial charge in [0.1, 0.15) is 0 Å². The van der Waals surface area contributed by atoms with Gasteiger partial charge >= 0.3 is 0 Å². The molecule has 3 N–H and O–H groups in total. The predicted octanol–water partition coefficient (Wildman–Crippen LogP) is 0.0303. The molecule has 0 bridgehead atoms. The van der Waals surface area contributed by atoms with Crippen LogP contribution in [0, 0.1) is 0 Å². The first-order valence-electron chi connectivity index (χ1n) is 6.75. The molecule has 0 aromatic heterocycles. The maximum absolute atomic E-state index is 11.8. The van der Waals surface area contributed by atoms with Crippen molar-refractivity contribution in [3.63, 3.8) is 0 Å². The van der Waals surface area contributed by atoms with Crippen LogP contribution < -0.4 is 16.0 Å². The lowest BCUT2D eigenvalue weighted by Crippen LogP contribution is -2.52. The van der Waals surface area contributed by atoms with Gasteiger partial charge in [0.15, 0.2) is 0 Å². The second kappa shape index (κ2) is 9.75. The molecule has 0 aromatic carbocycles. The third-order valence-corrected chi connectivity index (χ3v) is 2.89. The van der Waals surface area contributed by atoms with E-state index in [0.717, 1.165) is 6.42 Å². The number of amides is 2. The molecule has 0 spiro atoms. The molecule has 0 rings (SSSR count). The van der Waals surface area contributed by atoms with Crippen LogP contribution in [0.15, 0.2) is 0 Å². The van der Waals surface area contributed by atoms with Crippen LogP contribution in [-0.2, 0) is 14.3 Å². The first-order chi connectivity index (χ1) is 8.92. The first kappa shape index (κ1) is 17.9. The van der Waals surface area contributed by atoms with Crippen LogP contribution in [0.2, 0.25) is 0 Å². The molecule has 0 heterocycles. The molecule has 6 heteroatoms. The summed E-state index contributed by atoms with van der Waals surface area (Å²) in [5.41, 5.74) is 0. The number of rotatable bonds is 9. The summed E-state index contributed by atoms with van der Waals surface area (Å²) < 4.78 is 4.85. The molecule has 19 heavy (non-hydrogen) atoms. The van der Waals surface area contributed by atoms with Crippen LogP contribution in [0.25, 0.3) is 0 Å². The molecule has 0 aliphatic rings. The first-order valence-corrected chi connectivity index (χ1v) is 6.75. The Hall–Kier alpha value is -1.14. The van der Waals surface area contributed by atoms with Gasteiger partial charge in [-0.1, -0.05) is 6.92 Å². The summed E-state index contributed by atoms with van der Waals surface area (Å²) in [5, 5.41) is 8.57. The topological polar surface area (TPSA) is 79.5 Å². The summed E-state index contributed by atoms with van der Waals surface area (Å²) in [6.07, 6.45) is 0.880. The lowest BCUT2D eigenvalue weighted by atomic mass is 10.2. The summed E-state index contributed by atoms with van der Waals surface area (Å²) >= 11 is 0. The number of hydrogen-bond donors (Lipinski definition) is 3. The Kier molecular flexibility index (Phi) is 9.16. The fourth-order valence-corrected chi connectivity index (χ4v) is 1.43. The highest BCUT2D eigenvalue weighted by molar-refractivity contribution is 5.84. The van der Waals surface area contributed by atoms with Gasteiger partial charge in [0.25, 0.3) is 0 Å². The number of carbonyl (C=O) groups is 2. The summed E-state index contributed by atoms with van der Waals surface area (Å²) in [6, 6.07) is -0.686. The quantitative estimate of drug-likeness (QED) is 0.518. The van der Waals surface area contributed by atoms with Crippen molar-refractivity contribution in [3.8, 4) is 0 Å². The lowest BCUT2D eigenvalue weighted by molar-refractivity contribution is -0.125. The van der Waals surface area contributed by atoms with Gasteiger partial charge in [-0.25, -0.2) is 0 Å². The summed E-state index contributed by atoms with van der Waals surface area (Å²) in [6.45, 7) is 8.38. The van der Waals surface area contributed by atoms with Gasteiger partial charge in [0.05, 0.1) is 18.7 Å². The largest absolute Gasteiger partial charge is 0.383 e. The monoisotopic (exact) mass is 273 g/mol. The van der Waals surface area contributed by atoms with Crippen molar-refractivity contribution in [1.82, 2.24) is 16.0 Å².